The maximum atomic E-state index is 12.3. The molecule has 3 rings (SSSR count). The summed E-state index contributed by atoms with van der Waals surface area (Å²) in [6, 6.07) is 3.69. The standard InChI is InChI=1S/C16H20N2O3/c1-5-21-10-6-11-9(2)8-16(3,4)18-13(11)12(7-10)14(19)17-15(18)20/h6-7,9H,5,8H2,1-4H3,(H,17,19,20). The summed E-state index contributed by atoms with van der Waals surface area (Å²) in [5.74, 6) is 0.950. The molecule has 1 aromatic carbocycles. The minimum atomic E-state index is -0.348. The van der Waals surface area contributed by atoms with Crippen LogP contribution in [0.1, 0.15) is 45.6 Å². The first-order chi connectivity index (χ1) is 9.85. The fraction of sp³-hybridized carbons (Fsp3) is 0.500. The predicted octanol–water partition coefficient (Wildman–Crippen LogP) is 2.33. The minimum absolute atomic E-state index is 0.268. The molecule has 0 amide bonds. The summed E-state index contributed by atoms with van der Waals surface area (Å²) in [6.07, 6.45) is 0.844. The Hall–Kier alpha value is -2.04. The number of H-pyrrole nitrogens is 1. The van der Waals surface area contributed by atoms with Gasteiger partial charge >= 0.3 is 5.69 Å². The molecule has 1 atom stereocenters. The SMILES string of the molecule is CCOc1cc2c3c(c1)c(=O)[nH]c(=O)n3C(C)(C)CC2C. The lowest BCUT2D eigenvalue weighted by Gasteiger charge is -2.37. The van der Waals surface area contributed by atoms with Gasteiger partial charge in [-0.3, -0.25) is 14.3 Å². The van der Waals surface area contributed by atoms with Gasteiger partial charge in [0.2, 0.25) is 0 Å². The van der Waals surface area contributed by atoms with Gasteiger partial charge in [0.05, 0.1) is 17.5 Å². The predicted molar refractivity (Wildman–Crippen MR) is 82.4 cm³/mol. The molecule has 5 nitrogen and oxygen atoms in total. The highest BCUT2D eigenvalue weighted by molar-refractivity contribution is 5.84. The number of rotatable bonds is 2. The lowest BCUT2D eigenvalue weighted by atomic mass is 9.82. The van der Waals surface area contributed by atoms with Gasteiger partial charge in [0, 0.05) is 5.54 Å². The zero-order valence-electron chi connectivity index (χ0n) is 12.8. The van der Waals surface area contributed by atoms with Gasteiger partial charge in [0.25, 0.3) is 5.56 Å². The Bertz CT molecular complexity index is 830. The number of hydrogen-bond acceptors (Lipinski definition) is 3. The van der Waals surface area contributed by atoms with Gasteiger partial charge in [-0.1, -0.05) is 6.92 Å². The van der Waals surface area contributed by atoms with Gasteiger partial charge in [-0.15, -0.1) is 0 Å². The molecule has 1 aliphatic heterocycles. The molecular weight excluding hydrogens is 268 g/mol. The summed E-state index contributed by atoms with van der Waals surface area (Å²) >= 11 is 0. The molecule has 21 heavy (non-hydrogen) atoms. The Labute approximate surface area is 122 Å². The van der Waals surface area contributed by atoms with E-state index < -0.39 is 0 Å². The number of benzene rings is 1. The minimum Gasteiger partial charge on any atom is -0.494 e. The van der Waals surface area contributed by atoms with Crippen molar-refractivity contribution in [3.63, 3.8) is 0 Å². The Morgan fingerprint density at radius 3 is 2.76 bits per heavy atom. The van der Waals surface area contributed by atoms with Crippen molar-refractivity contribution in [2.45, 2.75) is 45.6 Å². The Balaban J connectivity index is 2.51. The highest BCUT2D eigenvalue weighted by Gasteiger charge is 2.34. The van der Waals surface area contributed by atoms with Crippen molar-refractivity contribution in [2.24, 2.45) is 0 Å². The van der Waals surface area contributed by atoms with Crippen molar-refractivity contribution in [3.05, 3.63) is 38.5 Å². The fourth-order valence-corrected chi connectivity index (χ4v) is 3.53. The van der Waals surface area contributed by atoms with Gasteiger partial charge in [-0.25, -0.2) is 4.79 Å². The van der Waals surface area contributed by atoms with Crippen LogP contribution in [0.2, 0.25) is 0 Å². The molecule has 1 N–H and O–H groups in total. The molecule has 1 aromatic heterocycles. The molecule has 0 radical (unpaired) electrons. The zero-order chi connectivity index (χ0) is 15.4. The molecule has 0 saturated carbocycles. The van der Waals surface area contributed by atoms with E-state index >= 15 is 0 Å². The van der Waals surface area contributed by atoms with Crippen LogP contribution in [0, 0.1) is 0 Å². The summed E-state index contributed by atoms with van der Waals surface area (Å²) in [7, 11) is 0. The smallest absolute Gasteiger partial charge is 0.329 e. The number of hydrogen-bond donors (Lipinski definition) is 1. The molecule has 1 aliphatic rings. The second-order valence-electron chi connectivity index (χ2n) is 6.35. The van der Waals surface area contributed by atoms with E-state index in [2.05, 4.69) is 11.9 Å². The quantitative estimate of drug-likeness (QED) is 0.922. The van der Waals surface area contributed by atoms with Crippen molar-refractivity contribution in [2.75, 3.05) is 6.61 Å². The first-order valence-corrected chi connectivity index (χ1v) is 7.31. The lowest BCUT2D eigenvalue weighted by Crippen LogP contribution is -2.44. The monoisotopic (exact) mass is 288 g/mol. The summed E-state index contributed by atoms with van der Waals surface area (Å²) in [4.78, 5) is 26.9. The number of ether oxygens (including phenoxy) is 1. The van der Waals surface area contributed by atoms with Gasteiger partial charge in [0.1, 0.15) is 5.75 Å². The van der Waals surface area contributed by atoms with Crippen molar-refractivity contribution in [3.8, 4) is 5.75 Å². The molecule has 2 aromatic rings. The van der Waals surface area contributed by atoms with E-state index in [-0.39, 0.29) is 22.7 Å². The van der Waals surface area contributed by atoms with Crippen molar-refractivity contribution >= 4 is 10.9 Å². The molecule has 2 heterocycles. The van der Waals surface area contributed by atoms with Gasteiger partial charge in [0.15, 0.2) is 0 Å². The second-order valence-corrected chi connectivity index (χ2v) is 6.35. The van der Waals surface area contributed by atoms with E-state index in [1.165, 1.54) is 0 Å². The fourth-order valence-electron chi connectivity index (χ4n) is 3.53. The summed E-state index contributed by atoms with van der Waals surface area (Å²) < 4.78 is 7.28. The molecule has 1 unspecified atom stereocenters. The lowest BCUT2D eigenvalue weighted by molar-refractivity contribution is 0.287. The molecule has 112 valence electrons. The second kappa shape index (κ2) is 4.48. The van der Waals surface area contributed by atoms with E-state index in [1.54, 1.807) is 10.6 Å². The molecule has 0 saturated heterocycles. The van der Waals surface area contributed by atoms with Crippen LogP contribution in [0.3, 0.4) is 0 Å². The number of nitrogens with zero attached hydrogens (tertiary/aromatic N) is 1. The average molecular weight is 288 g/mol. The molecule has 0 aliphatic carbocycles. The third-order valence-electron chi connectivity index (χ3n) is 4.26. The zero-order valence-corrected chi connectivity index (χ0v) is 12.8. The van der Waals surface area contributed by atoms with E-state index in [4.69, 9.17) is 4.74 Å². The molecule has 5 heteroatoms. The van der Waals surface area contributed by atoms with E-state index in [9.17, 15) is 9.59 Å². The first kappa shape index (κ1) is 13.9. The van der Waals surface area contributed by atoms with Crippen LogP contribution in [0.5, 0.6) is 5.75 Å². The first-order valence-electron chi connectivity index (χ1n) is 7.31. The van der Waals surface area contributed by atoms with Gasteiger partial charge < -0.3 is 4.74 Å². The molecule has 0 spiro atoms. The van der Waals surface area contributed by atoms with Crippen molar-refractivity contribution in [1.82, 2.24) is 9.55 Å². The van der Waals surface area contributed by atoms with E-state index in [1.807, 2.05) is 26.8 Å². The van der Waals surface area contributed by atoms with Crippen LogP contribution in [-0.4, -0.2) is 16.2 Å². The van der Waals surface area contributed by atoms with Crippen LogP contribution in [-0.2, 0) is 5.54 Å². The average Bonchev–Trinajstić information content (AvgIpc) is 2.37. The molecule has 0 bridgehead atoms. The van der Waals surface area contributed by atoms with Crippen LogP contribution < -0.4 is 16.0 Å². The third kappa shape index (κ3) is 1.99. The summed E-state index contributed by atoms with van der Waals surface area (Å²) in [5, 5.41) is 0.523. The van der Waals surface area contributed by atoms with Crippen LogP contribution in [0.25, 0.3) is 10.9 Å². The molecule has 0 fully saturated rings. The summed E-state index contributed by atoms with van der Waals surface area (Å²) in [5.41, 5.74) is 0.752. The van der Waals surface area contributed by atoms with Crippen LogP contribution in [0.4, 0.5) is 0 Å². The third-order valence-corrected chi connectivity index (χ3v) is 4.26. The Morgan fingerprint density at radius 2 is 2.10 bits per heavy atom. The topological polar surface area (TPSA) is 64.1 Å². The highest BCUT2D eigenvalue weighted by Crippen LogP contribution is 2.40. The molecular formula is C16H20N2O3. The Kier molecular flexibility index (Phi) is 2.97. The maximum absolute atomic E-state index is 12.3. The Morgan fingerprint density at radius 1 is 1.38 bits per heavy atom. The van der Waals surface area contributed by atoms with Crippen LogP contribution in [0.15, 0.2) is 21.7 Å². The summed E-state index contributed by atoms with van der Waals surface area (Å²) in [6.45, 7) is 8.64. The largest absolute Gasteiger partial charge is 0.494 e. The van der Waals surface area contributed by atoms with Gasteiger partial charge in [-0.05, 0) is 50.8 Å². The van der Waals surface area contributed by atoms with Crippen LogP contribution >= 0.6 is 0 Å². The van der Waals surface area contributed by atoms with E-state index in [0.717, 1.165) is 17.5 Å². The van der Waals surface area contributed by atoms with Crippen molar-refractivity contribution < 1.29 is 4.74 Å². The highest BCUT2D eigenvalue weighted by atomic mass is 16.5. The van der Waals surface area contributed by atoms with E-state index in [0.29, 0.717) is 17.7 Å². The normalized spacial score (nSPS) is 19.7. The van der Waals surface area contributed by atoms with Crippen molar-refractivity contribution in [1.29, 1.82) is 0 Å². The van der Waals surface area contributed by atoms with Gasteiger partial charge in [-0.2, -0.15) is 0 Å². The number of aromatic nitrogens is 2. The number of aromatic amines is 1. The number of nitrogens with one attached hydrogen (secondary N) is 1. The maximum Gasteiger partial charge on any atom is 0.329 e.